The van der Waals surface area contributed by atoms with E-state index in [4.69, 9.17) is 0 Å². The summed E-state index contributed by atoms with van der Waals surface area (Å²) in [5.74, 6) is -1.73. The van der Waals surface area contributed by atoms with Gasteiger partial charge >= 0.3 is 0 Å². The van der Waals surface area contributed by atoms with Crippen molar-refractivity contribution in [2.45, 2.75) is 6.92 Å². The average molecular weight is 330 g/mol. The van der Waals surface area contributed by atoms with Gasteiger partial charge in [0.2, 0.25) is 5.95 Å². The van der Waals surface area contributed by atoms with Crippen LogP contribution in [0.25, 0.3) is 5.69 Å². The fourth-order valence-electron chi connectivity index (χ4n) is 2.07. The molecule has 122 valence electrons. The Morgan fingerprint density at radius 3 is 2.67 bits per heavy atom. The lowest BCUT2D eigenvalue weighted by atomic mass is 10.2. The molecule has 2 N–H and O–H groups in total. The van der Waals surface area contributed by atoms with Crippen molar-refractivity contribution in [1.82, 2.24) is 25.2 Å². The number of benzene rings is 1. The molecule has 0 radical (unpaired) electrons. The van der Waals surface area contributed by atoms with E-state index in [0.29, 0.717) is 5.69 Å². The highest BCUT2D eigenvalue weighted by Crippen LogP contribution is 2.18. The first-order chi connectivity index (χ1) is 11.6. The quantitative estimate of drug-likeness (QED) is 0.715. The van der Waals surface area contributed by atoms with Crippen LogP contribution in [0.3, 0.4) is 0 Å². The molecule has 9 heteroatoms. The lowest BCUT2D eigenvalue weighted by Crippen LogP contribution is -2.30. The summed E-state index contributed by atoms with van der Waals surface area (Å²) in [7, 11) is 0. The Hall–Kier alpha value is -3.36. The van der Waals surface area contributed by atoms with Gasteiger partial charge in [-0.3, -0.25) is 15.6 Å². The first kappa shape index (κ1) is 15.5. The Balaban J connectivity index is 1.80. The highest BCUT2D eigenvalue weighted by molar-refractivity contribution is 5.95. The van der Waals surface area contributed by atoms with Crippen LogP contribution in [-0.4, -0.2) is 25.7 Å². The van der Waals surface area contributed by atoms with E-state index in [1.807, 2.05) is 0 Å². The number of halogens is 2. The molecule has 1 amide bonds. The number of carbonyl (C=O) groups excluding carboxylic acids is 1. The zero-order valence-electron chi connectivity index (χ0n) is 12.5. The molecular formula is C15H12F2N6O. The molecule has 7 nitrogen and oxygen atoms in total. The van der Waals surface area contributed by atoms with Gasteiger partial charge in [0, 0.05) is 18.5 Å². The third-order valence-corrected chi connectivity index (χ3v) is 3.25. The van der Waals surface area contributed by atoms with Crippen molar-refractivity contribution in [3.63, 3.8) is 0 Å². The smallest absolute Gasteiger partial charge is 0.267 e. The summed E-state index contributed by atoms with van der Waals surface area (Å²) in [5, 5.41) is 3.99. The van der Waals surface area contributed by atoms with E-state index in [9.17, 15) is 13.6 Å². The van der Waals surface area contributed by atoms with Crippen LogP contribution in [0.1, 0.15) is 16.1 Å². The van der Waals surface area contributed by atoms with Gasteiger partial charge in [0.15, 0.2) is 5.82 Å². The molecule has 0 saturated carbocycles. The van der Waals surface area contributed by atoms with Crippen LogP contribution in [0.2, 0.25) is 0 Å². The maximum Gasteiger partial charge on any atom is 0.273 e. The summed E-state index contributed by atoms with van der Waals surface area (Å²) in [5.41, 5.74) is 5.65. The Morgan fingerprint density at radius 1 is 1.21 bits per heavy atom. The molecule has 0 fully saturated rings. The summed E-state index contributed by atoms with van der Waals surface area (Å²) in [6.07, 6.45) is 4.32. The summed E-state index contributed by atoms with van der Waals surface area (Å²) < 4.78 is 28.1. The normalized spacial score (nSPS) is 10.5. The molecule has 24 heavy (non-hydrogen) atoms. The van der Waals surface area contributed by atoms with Crippen molar-refractivity contribution >= 4 is 11.9 Å². The van der Waals surface area contributed by atoms with Crippen molar-refractivity contribution < 1.29 is 13.6 Å². The molecule has 0 unspecified atom stereocenters. The molecule has 0 aliphatic heterocycles. The standard InChI is InChI=1S/C15H12F2N6O/c1-9-11(14(24)21-22-15-18-5-2-6-19-15)8-20-23(9)13-4-3-10(16)7-12(13)17/h2-8H,1H3,(H,21,24)(H,18,19,22). The zero-order valence-corrected chi connectivity index (χ0v) is 12.5. The molecule has 3 rings (SSSR count). The van der Waals surface area contributed by atoms with E-state index in [1.165, 1.54) is 29.3 Å². The third-order valence-electron chi connectivity index (χ3n) is 3.25. The molecule has 2 heterocycles. The first-order valence-electron chi connectivity index (χ1n) is 6.89. The third kappa shape index (κ3) is 3.05. The van der Waals surface area contributed by atoms with Crippen LogP contribution in [0.15, 0.2) is 42.9 Å². The predicted molar refractivity (Wildman–Crippen MR) is 81.3 cm³/mol. The second-order valence-corrected chi connectivity index (χ2v) is 4.80. The topological polar surface area (TPSA) is 84.7 Å². The van der Waals surface area contributed by atoms with E-state index in [1.54, 1.807) is 13.0 Å². The summed E-state index contributed by atoms with van der Waals surface area (Å²) in [6.45, 7) is 1.60. The largest absolute Gasteiger partial charge is 0.273 e. The molecule has 0 saturated heterocycles. The molecule has 0 bridgehead atoms. The number of amides is 1. The minimum Gasteiger partial charge on any atom is -0.267 e. The van der Waals surface area contributed by atoms with Crippen molar-refractivity contribution in [1.29, 1.82) is 0 Å². The summed E-state index contributed by atoms with van der Waals surface area (Å²) in [4.78, 5) is 20.0. The van der Waals surface area contributed by atoms with Gasteiger partial charge in [-0.25, -0.2) is 23.4 Å². The van der Waals surface area contributed by atoms with Gasteiger partial charge in [-0.2, -0.15) is 5.10 Å². The summed E-state index contributed by atoms with van der Waals surface area (Å²) >= 11 is 0. The molecule has 0 atom stereocenters. The Bertz CT molecular complexity index is 881. The first-order valence-corrected chi connectivity index (χ1v) is 6.89. The van der Waals surface area contributed by atoms with Crippen LogP contribution >= 0.6 is 0 Å². The number of nitrogens with one attached hydrogen (secondary N) is 2. The predicted octanol–water partition coefficient (Wildman–Crippen LogP) is 2.01. The number of hydrogen-bond acceptors (Lipinski definition) is 5. The van der Waals surface area contributed by atoms with E-state index in [2.05, 4.69) is 25.9 Å². The number of anilines is 1. The van der Waals surface area contributed by atoms with Crippen LogP contribution < -0.4 is 10.9 Å². The lowest BCUT2D eigenvalue weighted by Gasteiger charge is -2.08. The maximum absolute atomic E-state index is 13.9. The second-order valence-electron chi connectivity index (χ2n) is 4.80. The van der Waals surface area contributed by atoms with Gasteiger partial charge in [-0.1, -0.05) is 0 Å². The van der Waals surface area contributed by atoms with Gasteiger partial charge < -0.3 is 0 Å². The number of aromatic nitrogens is 4. The highest BCUT2D eigenvalue weighted by Gasteiger charge is 2.17. The van der Waals surface area contributed by atoms with Gasteiger partial charge in [0.1, 0.15) is 11.5 Å². The van der Waals surface area contributed by atoms with Crippen LogP contribution in [0, 0.1) is 18.6 Å². The zero-order chi connectivity index (χ0) is 17.1. The van der Waals surface area contributed by atoms with E-state index in [-0.39, 0.29) is 17.2 Å². The van der Waals surface area contributed by atoms with Crippen molar-refractivity contribution in [3.05, 3.63) is 65.7 Å². The highest BCUT2D eigenvalue weighted by atomic mass is 19.1. The van der Waals surface area contributed by atoms with Gasteiger partial charge in [-0.05, 0) is 25.1 Å². The molecule has 0 aliphatic rings. The SMILES string of the molecule is Cc1c(C(=O)NNc2ncccn2)cnn1-c1ccc(F)cc1F. The number of carbonyl (C=O) groups is 1. The van der Waals surface area contributed by atoms with E-state index >= 15 is 0 Å². The fourth-order valence-corrected chi connectivity index (χ4v) is 2.07. The maximum atomic E-state index is 13.9. The minimum atomic E-state index is -0.774. The van der Waals surface area contributed by atoms with Crippen LogP contribution in [0.4, 0.5) is 14.7 Å². The molecular weight excluding hydrogens is 318 g/mol. The number of rotatable bonds is 4. The van der Waals surface area contributed by atoms with Crippen molar-refractivity contribution in [3.8, 4) is 5.69 Å². The Labute approximate surface area is 135 Å². The number of hydrogen-bond donors (Lipinski definition) is 2. The number of hydrazine groups is 1. The van der Waals surface area contributed by atoms with Crippen molar-refractivity contribution in [2.24, 2.45) is 0 Å². The van der Waals surface area contributed by atoms with Crippen LogP contribution in [-0.2, 0) is 0 Å². The van der Waals surface area contributed by atoms with Gasteiger partial charge in [0.05, 0.1) is 17.5 Å². The molecule has 0 spiro atoms. The molecule has 1 aromatic carbocycles. The average Bonchev–Trinajstić information content (AvgIpc) is 2.95. The van der Waals surface area contributed by atoms with E-state index in [0.717, 1.165) is 12.1 Å². The fraction of sp³-hybridized carbons (Fsp3) is 0.0667. The molecule has 0 aliphatic carbocycles. The Morgan fingerprint density at radius 2 is 1.96 bits per heavy atom. The van der Waals surface area contributed by atoms with Crippen LogP contribution in [0.5, 0.6) is 0 Å². The summed E-state index contributed by atoms with van der Waals surface area (Å²) in [6, 6.07) is 4.76. The lowest BCUT2D eigenvalue weighted by molar-refractivity contribution is 0.0961. The molecule has 3 aromatic rings. The van der Waals surface area contributed by atoms with Gasteiger partial charge in [0.25, 0.3) is 5.91 Å². The molecule has 2 aromatic heterocycles. The van der Waals surface area contributed by atoms with Gasteiger partial charge in [-0.15, -0.1) is 0 Å². The van der Waals surface area contributed by atoms with Crippen molar-refractivity contribution in [2.75, 3.05) is 5.43 Å². The monoisotopic (exact) mass is 330 g/mol. The number of nitrogens with zero attached hydrogens (tertiary/aromatic N) is 4. The second kappa shape index (κ2) is 6.41. The van der Waals surface area contributed by atoms with E-state index < -0.39 is 17.5 Å². The Kier molecular flexibility index (Phi) is 4.15. The minimum absolute atomic E-state index is 0.0484.